The smallest absolute Gasteiger partial charge is 0.322 e. The van der Waals surface area contributed by atoms with Crippen LogP contribution in [0.5, 0.6) is 0 Å². The number of benzene rings is 2. The van der Waals surface area contributed by atoms with Gasteiger partial charge in [-0.05, 0) is 54.5 Å². The third-order valence-electron chi connectivity index (χ3n) is 6.10. The fourth-order valence-electron chi connectivity index (χ4n) is 4.69. The molecule has 0 spiro atoms. The summed E-state index contributed by atoms with van der Waals surface area (Å²) >= 11 is 0. The first kappa shape index (κ1) is 17.9. The largest absolute Gasteiger partial charge is 0.326 e. The zero-order valence-corrected chi connectivity index (χ0v) is 16.0. The SMILES string of the molecule is O=C1CCc2cc(NC(=O)N3C4C=C(c5ccccc5)CC3CC4)c(F)cc2N1. The van der Waals surface area contributed by atoms with Crippen molar-refractivity contribution in [2.24, 2.45) is 0 Å². The number of nitrogens with zero attached hydrogens (tertiary/aromatic N) is 1. The number of rotatable bonds is 2. The second-order valence-corrected chi connectivity index (χ2v) is 7.94. The van der Waals surface area contributed by atoms with Gasteiger partial charge in [0.15, 0.2) is 0 Å². The third-order valence-corrected chi connectivity index (χ3v) is 6.10. The summed E-state index contributed by atoms with van der Waals surface area (Å²) in [6, 6.07) is 13.1. The van der Waals surface area contributed by atoms with Gasteiger partial charge in [0.25, 0.3) is 0 Å². The van der Waals surface area contributed by atoms with Crippen LogP contribution in [0, 0.1) is 5.82 Å². The molecule has 3 heterocycles. The van der Waals surface area contributed by atoms with Crippen molar-refractivity contribution in [3.63, 3.8) is 0 Å². The van der Waals surface area contributed by atoms with E-state index in [-0.39, 0.29) is 29.7 Å². The van der Waals surface area contributed by atoms with E-state index >= 15 is 0 Å². The molecule has 3 aliphatic heterocycles. The second kappa shape index (κ2) is 7.03. The number of amides is 3. The molecule has 6 heteroatoms. The van der Waals surface area contributed by atoms with Gasteiger partial charge >= 0.3 is 6.03 Å². The molecule has 5 nitrogen and oxygen atoms in total. The topological polar surface area (TPSA) is 61.4 Å². The van der Waals surface area contributed by atoms with Crippen molar-refractivity contribution >= 4 is 28.9 Å². The van der Waals surface area contributed by atoms with E-state index in [1.807, 2.05) is 23.1 Å². The fourth-order valence-corrected chi connectivity index (χ4v) is 4.69. The minimum absolute atomic E-state index is 0.0314. The van der Waals surface area contributed by atoms with Gasteiger partial charge in [-0.1, -0.05) is 36.4 Å². The molecule has 2 aromatic rings. The zero-order chi connectivity index (χ0) is 20.0. The monoisotopic (exact) mass is 391 g/mol. The maximum absolute atomic E-state index is 14.5. The van der Waals surface area contributed by atoms with Gasteiger partial charge in [-0.2, -0.15) is 0 Å². The average molecular weight is 391 g/mol. The average Bonchev–Trinajstić information content (AvgIpc) is 2.99. The standard InChI is InChI=1S/C23H22FN3O2/c24-19-13-20-15(6-9-22(28)25-20)12-21(19)26-23(29)27-17-7-8-18(27)11-16(10-17)14-4-2-1-3-5-14/h1-5,10,12-13,17-18H,6-9,11H2,(H,25,28)(H,26,29). The van der Waals surface area contributed by atoms with E-state index in [0.29, 0.717) is 18.5 Å². The first-order valence-electron chi connectivity index (χ1n) is 10.1. The summed E-state index contributed by atoms with van der Waals surface area (Å²) in [6.07, 6.45) is 5.78. The second-order valence-electron chi connectivity index (χ2n) is 7.94. The number of nitrogens with one attached hydrogen (secondary N) is 2. The molecule has 2 bridgehead atoms. The number of fused-ring (bicyclic) bond motifs is 3. The molecule has 0 radical (unpaired) electrons. The van der Waals surface area contributed by atoms with Crippen LogP contribution in [-0.2, 0) is 11.2 Å². The van der Waals surface area contributed by atoms with Crippen molar-refractivity contribution in [1.82, 2.24) is 4.90 Å². The van der Waals surface area contributed by atoms with Gasteiger partial charge in [0.05, 0.1) is 11.7 Å². The molecule has 148 valence electrons. The lowest BCUT2D eigenvalue weighted by molar-refractivity contribution is -0.116. The molecule has 1 fully saturated rings. The van der Waals surface area contributed by atoms with Gasteiger partial charge in [-0.15, -0.1) is 0 Å². The van der Waals surface area contributed by atoms with Gasteiger partial charge in [0, 0.05) is 18.2 Å². The zero-order valence-electron chi connectivity index (χ0n) is 16.0. The molecule has 2 N–H and O–H groups in total. The van der Waals surface area contributed by atoms with Gasteiger partial charge in [-0.25, -0.2) is 9.18 Å². The molecule has 0 aromatic heterocycles. The molecular weight excluding hydrogens is 369 g/mol. The number of carbonyl (C=O) groups is 2. The van der Waals surface area contributed by atoms with Crippen molar-refractivity contribution in [2.75, 3.05) is 10.6 Å². The van der Waals surface area contributed by atoms with Crippen LogP contribution in [0.15, 0.2) is 48.5 Å². The summed E-state index contributed by atoms with van der Waals surface area (Å²) in [4.78, 5) is 26.3. The lowest BCUT2D eigenvalue weighted by Gasteiger charge is -2.34. The molecule has 3 aliphatic rings. The van der Waals surface area contributed by atoms with E-state index in [9.17, 15) is 14.0 Å². The van der Waals surface area contributed by atoms with E-state index in [0.717, 1.165) is 24.8 Å². The predicted molar refractivity (Wildman–Crippen MR) is 110 cm³/mol. The van der Waals surface area contributed by atoms with Crippen molar-refractivity contribution < 1.29 is 14.0 Å². The van der Waals surface area contributed by atoms with Crippen LogP contribution >= 0.6 is 0 Å². The Balaban J connectivity index is 1.36. The number of urea groups is 1. The molecule has 29 heavy (non-hydrogen) atoms. The Labute approximate surface area is 168 Å². The number of anilines is 2. The van der Waals surface area contributed by atoms with E-state index < -0.39 is 5.82 Å². The summed E-state index contributed by atoms with van der Waals surface area (Å²) < 4.78 is 14.5. The summed E-state index contributed by atoms with van der Waals surface area (Å²) in [5, 5.41) is 5.45. The Kier molecular flexibility index (Phi) is 4.34. The number of hydrogen-bond donors (Lipinski definition) is 2. The minimum atomic E-state index is -0.538. The van der Waals surface area contributed by atoms with Crippen molar-refractivity contribution in [3.8, 4) is 0 Å². The fraction of sp³-hybridized carbons (Fsp3) is 0.304. The van der Waals surface area contributed by atoms with Crippen LogP contribution < -0.4 is 10.6 Å². The molecule has 2 aromatic carbocycles. The van der Waals surface area contributed by atoms with Crippen LogP contribution in [0.2, 0.25) is 0 Å². The summed E-state index contributed by atoms with van der Waals surface area (Å²) in [5.74, 6) is -0.649. The first-order valence-corrected chi connectivity index (χ1v) is 10.1. The summed E-state index contributed by atoms with van der Waals surface area (Å²) in [6.45, 7) is 0. The molecule has 3 amide bonds. The van der Waals surface area contributed by atoms with Crippen molar-refractivity contribution in [3.05, 3.63) is 65.5 Å². The van der Waals surface area contributed by atoms with Crippen molar-refractivity contribution in [2.45, 2.75) is 44.2 Å². The van der Waals surface area contributed by atoms with Crippen LogP contribution in [0.1, 0.15) is 36.8 Å². The van der Waals surface area contributed by atoms with Crippen molar-refractivity contribution in [1.29, 1.82) is 0 Å². The van der Waals surface area contributed by atoms with Gasteiger partial charge in [0.2, 0.25) is 5.91 Å². The highest BCUT2D eigenvalue weighted by Gasteiger charge is 2.40. The maximum Gasteiger partial charge on any atom is 0.322 e. The highest BCUT2D eigenvalue weighted by Crippen LogP contribution is 2.39. The molecule has 0 aliphatic carbocycles. The Morgan fingerprint density at radius 2 is 1.97 bits per heavy atom. The van der Waals surface area contributed by atoms with Crippen LogP contribution in [0.25, 0.3) is 5.57 Å². The number of hydrogen-bond acceptors (Lipinski definition) is 2. The quantitative estimate of drug-likeness (QED) is 0.788. The highest BCUT2D eigenvalue weighted by atomic mass is 19.1. The summed E-state index contributed by atoms with van der Waals surface area (Å²) in [7, 11) is 0. The first-order chi connectivity index (χ1) is 14.1. The lowest BCUT2D eigenvalue weighted by Crippen LogP contribution is -2.45. The van der Waals surface area contributed by atoms with Crippen LogP contribution in [0.3, 0.4) is 0 Å². The van der Waals surface area contributed by atoms with Gasteiger partial charge in [-0.3, -0.25) is 4.79 Å². The van der Waals surface area contributed by atoms with Crippen LogP contribution in [0.4, 0.5) is 20.6 Å². The van der Waals surface area contributed by atoms with E-state index in [1.54, 1.807) is 6.07 Å². The Hall–Kier alpha value is -3.15. The van der Waals surface area contributed by atoms with E-state index in [2.05, 4.69) is 28.8 Å². The Morgan fingerprint density at radius 1 is 1.14 bits per heavy atom. The van der Waals surface area contributed by atoms with Crippen LogP contribution in [-0.4, -0.2) is 28.9 Å². The number of carbonyl (C=O) groups excluding carboxylic acids is 2. The van der Waals surface area contributed by atoms with E-state index in [1.165, 1.54) is 17.2 Å². The van der Waals surface area contributed by atoms with Gasteiger partial charge in [0.1, 0.15) is 5.82 Å². The predicted octanol–water partition coefficient (Wildman–Crippen LogP) is 4.56. The third kappa shape index (κ3) is 3.28. The number of halogens is 1. The molecule has 2 atom stereocenters. The Bertz CT molecular complexity index is 1020. The van der Waals surface area contributed by atoms with E-state index in [4.69, 9.17) is 0 Å². The number of aryl methyl sites for hydroxylation is 1. The minimum Gasteiger partial charge on any atom is -0.326 e. The molecule has 2 unspecified atom stereocenters. The normalized spacial score (nSPS) is 22.6. The Morgan fingerprint density at radius 3 is 2.76 bits per heavy atom. The molecule has 5 rings (SSSR count). The summed E-state index contributed by atoms with van der Waals surface area (Å²) in [5.41, 5.74) is 3.98. The maximum atomic E-state index is 14.5. The lowest BCUT2D eigenvalue weighted by atomic mass is 9.95. The van der Waals surface area contributed by atoms with Gasteiger partial charge < -0.3 is 15.5 Å². The molecular formula is C23H22FN3O2. The molecule has 0 saturated carbocycles. The highest BCUT2D eigenvalue weighted by molar-refractivity contribution is 5.96. The molecule has 1 saturated heterocycles.